The van der Waals surface area contributed by atoms with Gasteiger partial charge < -0.3 is 0 Å². The van der Waals surface area contributed by atoms with Crippen LogP contribution in [0.15, 0.2) is 72.4 Å². The zero-order chi connectivity index (χ0) is 12.4. The molecular weight excluding hydrogens is 192 g/mol. The van der Waals surface area contributed by atoms with E-state index in [1.165, 1.54) is 11.1 Å². The number of hydrogen-bond donors (Lipinski definition) is 0. The zero-order valence-electron chi connectivity index (χ0n) is 10.7. The van der Waals surface area contributed by atoms with Crippen molar-refractivity contribution < 1.29 is 0 Å². The number of allylic oxidation sites excluding steroid dienone is 10. The summed E-state index contributed by atoms with van der Waals surface area (Å²) in [6.45, 7) is 13.7. The van der Waals surface area contributed by atoms with E-state index in [1.807, 2.05) is 32.9 Å². The highest BCUT2D eigenvalue weighted by atomic mass is 14.0. The minimum absolute atomic E-state index is 0.894. The Morgan fingerprint density at radius 2 is 1.81 bits per heavy atom. The SMILES string of the molecule is C=C/C(=C\C(=C)C)CC(/C=C\C)=C/C=C\C. The first kappa shape index (κ1) is 14.4. The van der Waals surface area contributed by atoms with Crippen molar-refractivity contribution in [2.24, 2.45) is 0 Å². The summed E-state index contributed by atoms with van der Waals surface area (Å²) in [5, 5.41) is 0. The molecule has 86 valence electrons. The molecule has 16 heavy (non-hydrogen) atoms. The van der Waals surface area contributed by atoms with Crippen LogP contribution in [0.5, 0.6) is 0 Å². The van der Waals surface area contributed by atoms with Crippen LogP contribution in [0.1, 0.15) is 27.2 Å². The summed E-state index contributed by atoms with van der Waals surface area (Å²) in [6.07, 6.45) is 15.2. The van der Waals surface area contributed by atoms with Gasteiger partial charge in [-0.25, -0.2) is 0 Å². The Hall–Kier alpha value is -1.56. The van der Waals surface area contributed by atoms with Crippen molar-refractivity contribution in [3.63, 3.8) is 0 Å². The molecule has 0 aromatic carbocycles. The maximum absolute atomic E-state index is 3.88. The predicted octanol–water partition coefficient (Wildman–Crippen LogP) is 5.14. The van der Waals surface area contributed by atoms with Crippen molar-refractivity contribution in [2.75, 3.05) is 0 Å². The molecule has 0 aromatic rings. The molecule has 0 amide bonds. The normalized spacial score (nSPS) is 13.7. The van der Waals surface area contributed by atoms with Gasteiger partial charge in [-0.3, -0.25) is 0 Å². The van der Waals surface area contributed by atoms with E-state index in [-0.39, 0.29) is 0 Å². The lowest BCUT2D eigenvalue weighted by atomic mass is 10.0. The number of rotatable bonds is 6. The molecule has 0 aliphatic carbocycles. The fraction of sp³-hybridized carbons (Fsp3) is 0.250. The van der Waals surface area contributed by atoms with E-state index in [0.29, 0.717) is 0 Å². The van der Waals surface area contributed by atoms with Gasteiger partial charge in [0.2, 0.25) is 0 Å². The Labute approximate surface area is 100 Å². The molecule has 0 N–H and O–H groups in total. The van der Waals surface area contributed by atoms with Gasteiger partial charge in [0.05, 0.1) is 0 Å². The molecule has 0 unspecified atom stereocenters. The highest BCUT2D eigenvalue weighted by Gasteiger charge is 1.95. The molecule has 0 atom stereocenters. The van der Waals surface area contributed by atoms with Crippen molar-refractivity contribution >= 4 is 0 Å². The molecule has 0 saturated heterocycles. The van der Waals surface area contributed by atoms with Crippen LogP contribution in [0.3, 0.4) is 0 Å². The van der Waals surface area contributed by atoms with E-state index in [2.05, 4.69) is 43.5 Å². The summed E-state index contributed by atoms with van der Waals surface area (Å²) in [5.41, 5.74) is 3.52. The van der Waals surface area contributed by atoms with Gasteiger partial charge in [-0.15, -0.1) is 0 Å². The van der Waals surface area contributed by atoms with Gasteiger partial charge in [-0.05, 0) is 38.3 Å². The van der Waals surface area contributed by atoms with Crippen LogP contribution in [0.4, 0.5) is 0 Å². The summed E-state index contributed by atoms with van der Waals surface area (Å²) >= 11 is 0. The first-order valence-electron chi connectivity index (χ1n) is 5.57. The molecule has 0 heteroatoms. The van der Waals surface area contributed by atoms with Gasteiger partial charge in [-0.2, -0.15) is 0 Å². The second-order valence-corrected chi connectivity index (χ2v) is 3.71. The molecule has 0 rings (SSSR count). The Morgan fingerprint density at radius 3 is 2.25 bits per heavy atom. The lowest BCUT2D eigenvalue weighted by molar-refractivity contribution is 1.20. The average Bonchev–Trinajstić information content (AvgIpc) is 2.24. The lowest BCUT2D eigenvalue weighted by Gasteiger charge is -2.03. The third-order valence-electron chi connectivity index (χ3n) is 1.99. The van der Waals surface area contributed by atoms with Gasteiger partial charge in [0, 0.05) is 0 Å². The molecule has 0 saturated carbocycles. The van der Waals surface area contributed by atoms with Crippen LogP contribution in [0, 0.1) is 0 Å². The Bertz CT molecular complexity index is 346. The van der Waals surface area contributed by atoms with Crippen LogP contribution >= 0.6 is 0 Å². The second kappa shape index (κ2) is 8.72. The molecule has 0 aliphatic heterocycles. The van der Waals surface area contributed by atoms with Crippen LogP contribution in [-0.4, -0.2) is 0 Å². The standard InChI is InChI=1S/C16H22/c1-6-9-11-16(10-7-2)13-15(8-3)12-14(4)5/h6-12H,3-4,13H2,1-2,5H3/b9-6-,10-7-,15-12+,16-11+. The number of hydrogen-bond acceptors (Lipinski definition) is 0. The highest BCUT2D eigenvalue weighted by Crippen LogP contribution is 2.15. The zero-order valence-corrected chi connectivity index (χ0v) is 10.7. The van der Waals surface area contributed by atoms with Gasteiger partial charge in [0.15, 0.2) is 0 Å². The molecule has 0 aliphatic rings. The average molecular weight is 214 g/mol. The van der Waals surface area contributed by atoms with Gasteiger partial charge in [0.25, 0.3) is 0 Å². The minimum Gasteiger partial charge on any atom is -0.0988 e. The van der Waals surface area contributed by atoms with Crippen LogP contribution in [0.25, 0.3) is 0 Å². The van der Waals surface area contributed by atoms with Crippen molar-refractivity contribution in [1.29, 1.82) is 0 Å². The molecule has 0 spiro atoms. The lowest BCUT2D eigenvalue weighted by Crippen LogP contribution is -1.84. The fourth-order valence-electron chi connectivity index (χ4n) is 1.34. The summed E-state index contributed by atoms with van der Waals surface area (Å²) in [5.74, 6) is 0. The quantitative estimate of drug-likeness (QED) is 0.537. The maximum Gasteiger partial charge on any atom is -0.00260 e. The monoisotopic (exact) mass is 214 g/mol. The van der Waals surface area contributed by atoms with Crippen LogP contribution < -0.4 is 0 Å². The molecular formula is C16H22. The van der Waals surface area contributed by atoms with Crippen molar-refractivity contribution in [2.45, 2.75) is 27.2 Å². The second-order valence-electron chi connectivity index (χ2n) is 3.71. The molecule has 0 fully saturated rings. The van der Waals surface area contributed by atoms with Crippen molar-refractivity contribution in [3.05, 3.63) is 72.4 Å². The first-order chi connectivity index (χ1) is 7.63. The van der Waals surface area contributed by atoms with Crippen molar-refractivity contribution in [3.8, 4) is 0 Å². The summed E-state index contributed by atoms with van der Waals surface area (Å²) in [4.78, 5) is 0. The van der Waals surface area contributed by atoms with E-state index in [4.69, 9.17) is 0 Å². The smallest absolute Gasteiger partial charge is 0.00260 e. The van der Waals surface area contributed by atoms with Gasteiger partial charge >= 0.3 is 0 Å². The summed E-state index contributed by atoms with van der Waals surface area (Å²) in [6, 6.07) is 0. The highest BCUT2D eigenvalue weighted by molar-refractivity contribution is 5.35. The summed E-state index contributed by atoms with van der Waals surface area (Å²) < 4.78 is 0. The van der Waals surface area contributed by atoms with Crippen LogP contribution in [-0.2, 0) is 0 Å². The van der Waals surface area contributed by atoms with E-state index >= 15 is 0 Å². The summed E-state index contributed by atoms with van der Waals surface area (Å²) in [7, 11) is 0. The van der Waals surface area contributed by atoms with E-state index in [1.54, 1.807) is 0 Å². The predicted molar refractivity (Wildman–Crippen MR) is 75.4 cm³/mol. The third kappa shape index (κ3) is 6.83. The van der Waals surface area contributed by atoms with E-state index in [9.17, 15) is 0 Å². The van der Waals surface area contributed by atoms with Gasteiger partial charge in [0.1, 0.15) is 0 Å². The first-order valence-corrected chi connectivity index (χ1v) is 5.57. The Balaban J connectivity index is 4.86. The Kier molecular flexibility index (Phi) is 7.87. The largest absolute Gasteiger partial charge is 0.0988 e. The third-order valence-corrected chi connectivity index (χ3v) is 1.99. The molecule has 0 bridgehead atoms. The molecule has 0 radical (unpaired) electrons. The van der Waals surface area contributed by atoms with Crippen LogP contribution in [0.2, 0.25) is 0 Å². The molecule has 0 aromatic heterocycles. The molecule has 0 heterocycles. The Morgan fingerprint density at radius 1 is 1.12 bits per heavy atom. The van der Waals surface area contributed by atoms with E-state index < -0.39 is 0 Å². The van der Waals surface area contributed by atoms with E-state index in [0.717, 1.165) is 12.0 Å². The van der Waals surface area contributed by atoms with Gasteiger partial charge in [-0.1, -0.05) is 61.3 Å². The maximum atomic E-state index is 3.88. The minimum atomic E-state index is 0.894. The topological polar surface area (TPSA) is 0 Å². The molecule has 0 nitrogen and oxygen atoms in total. The fourth-order valence-corrected chi connectivity index (χ4v) is 1.34. The van der Waals surface area contributed by atoms with Crippen molar-refractivity contribution in [1.82, 2.24) is 0 Å².